The highest BCUT2D eigenvalue weighted by Crippen LogP contribution is 2.23. The van der Waals surface area contributed by atoms with Crippen molar-refractivity contribution in [2.45, 2.75) is 0 Å². The summed E-state index contributed by atoms with van der Waals surface area (Å²) in [4.78, 5) is 16.9. The number of carbonyl (C=O) groups excluding carboxylic acids is 1. The van der Waals surface area contributed by atoms with Crippen molar-refractivity contribution in [2.24, 2.45) is 0 Å². The van der Waals surface area contributed by atoms with Crippen LogP contribution in [0, 0.1) is 0 Å². The van der Waals surface area contributed by atoms with Gasteiger partial charge in [-0.2, -0.15) is 5.48 Å². The van der Waals surface area contributed by atoms with Crippen LogP contribution >= 0.6 is 0 Å². The van der Waals surface area contributed by atoms with Crippen LogP contribution in [0.3, 0.4) is 0 Å². The monoisotopic (exact) mass is 253 g/mol. The van der Waals surface area contributed by atoms with E-state index in [1.165, 1.54) is 0 Å². The maximum atomic E-state index is 11.8. The summed E-state index contributed by atoms with van der Waals surface area (Å²) in [6.45, 7) is 0. The number of rotatable bonds is 3. The highest BCUT2D eigenvalue weighted by molar-refractivity contribution is 5.93. The Labute approximate surface area is 109 Å². The quantitative estimate of drug-likeness (QED) is 0.729. The van der Waals surface area contributed by atoms with Gasteiger partial charge in [-0.05, 0) is 18.2 Å². The van der Waals surface area contributed by atoms with Gasteiger partial charge in [0.1, 0.15) is 5.58 Å². The Morgan fingerprint density at radius 3 is 2.53 bits per heavy atom. The second-order valence-corrected chi connectivity index (χ2v) is 4.00. The third-order valence-corrected chi connectivity index (χ3v) is 2.68. The molecular weight excluding hydrogens is 242 g/mol. The normalized spacial score (nSPS) is 10.3. The van der Waals surface area contributed by atoms with Gasteiger partial charge in [0.05, 0.1) is 0 Å². The molecule has 0 radical (unpaired) electrons. The molecule has 0 saturated heterocycles. The highest BCUT2D eigenvalue weighted by Gasteiger charge is 2.08. The number of benzene rings is 2. The van der Waals surface area contributed by atoms with Gasteiger partial charge in [0.2, 0.25) is 0 Å². The number of para-hydroxylation sites is 1. The standard InChI is InChI=1S/C15H11NO3/c17-15(11-6-2-1-3-7-11)16-19-14-10-12-8-4-5-9-13(12)18-14/h1-10H,(H,16,17). The van der Waals surface area contributed by atoms with E-state index in [4.69, 9.17) is 9.25 Å². The smallest absolute Gasteiger partial charge is 0.312 e. The van der Waals surface area contributed by atoms with Gasteiger partial charge in [-0.15, -0.1) is 0 Å². The Bertz CT molecular complexity index is 670. The summed E-state index contributed by atoms with van der Waals surface area (Å²) in [7, 11) is 0. The van der Waals surface area contributed by atoms with E-state index in [1.54, 1.807) is 30.3 Å². The lowest BCUT2D eigenvalue weighted by molar-refractivity contribution is 0.0707. The van der Waals surface area contributed by atoms with Gasteiger partial charge < -0.3 is 9.25 Å². The molecule has 0 saturated carbocycles. The number of hydroxylamine groups is 1. The number of fused-ring (bicyclic) bond motifs is 1. The molecule has 0 fully saturated rings. The van der Waals surface area contributed by atoms with E-state index in [0.29, 0.717) is 11.1 Å². The molecule has 1 amide bonds. The lowest BCUT2D eigenvalue weighted by atomic mass is 10.2. The van der Waals surface area contributed by atoms with E-state index in [-0.39, 0.29) is 11.9 Å². The number of furan rings is 1. The summed E-state index contributed by atoms with van der Waals surface area (Å²) in [5, 5.41) is 0.923. The molecule has 1 N–H and O–H groups in total. The van der Waals surface area contributed by atoms with Crippen molar-refractivity contribution in [1.82, 2.24) is 5.48 Å². The Balaban J connectivity index is 1.71. The van der Waals surface area contributed by atoms with Crippen LogP contribution in [-0.4, -0.2) is 5.91 Å². The zero-order valence-electron chi connectivity index (χ0n) is 10.00. The number of nitrogens with one attached hydrogen (secondary N) is 1. The fraction of sp³-hybridized carbons (Fsp3) is 0. The van der Waals surface area contributed by atoms with E-state index in [2.05, 4.69) is 5.48 Å². The summed E-state index contributed by atoms with van der Waals surface area (Å²) in [5.41, 5.74) is 3.58. The molecule has 0 aliphatic carbocycles. The fourth-order valence-corrected chi connectivity index (χ4v) is 1.75. The predicted octanol–water partition coefficient (Wildman–Crippen LogP) is 3.16. The van der Waals surface area contributed by atoms with Crippen LogP contribution in [0.15, 0.2) is 65.1 Å². The van der Waals surface area contributed by atoms with Gasteiger partial charge in [0.25, 0.3) is 5.91 Å². The largest absolute Gasteiger partial charge is 0.424 e. The molecule has 3 aromatic rings. The van der Waals surface area contributed by atoms with Crippen molar-refractivity contribution in [1.29, 1.82) is 0 Å². The van der Waals surface area contributed by atoms with E-state index in [9.17, 15) is 4.79 Å². The van der Waals surface area contributed by atoms with Crippen molar-refractivity contribution in [3.63, 3.8) is 0 Å². The summed E-state index contributed by atoms with van der Waals surface area (Å²) >= 11 is 0. The third kappa shape index (κ3) is 2.42. The Hall–Kier alpha value is -2.75. The van der Waals surface area contributed by atoms with E-state index in [0.717, 1.165) is 5.39 Å². The topological polar surface area (TPSA) is 51.5 Å². The van der Waals surface area contributed by atoms with Gasteiger partial charge in [-0.3, -0.25) is 4.79 Å². The lowest BCUT2D eigenvalue weighted by Gasteiger charge is -2.03. The molecule has 0 aliphatic heterocycles. The van der Waals surface area contributed by atoms with E-state index >= 15 is 0 Å². The molecule has 0 atom stereocenters. The summed E-state index contributed by atoms with van der Waals surface area (Å²) in [6, 6.07) is 18.1. The lowest BCUT2D eigenvalue weighted by Crippen LogP contribution is -2.26. The van der Waals surface area contributed by atoms with Gasteiger partial charge in [0, 0.05) is 17.0 Å². The summed E-state index contributed by atoms with van der Waals surface area (Å²) < 4.78 is 5.42. The molecule has 19 heavy (non-hydrogen) atoms. The molecule has 0 unspecified atom stereocenters. The first kappa shape index (κ1) is 11.3. The zero-order valence-corrected chi connectivity index (χ0v) is 10.00. The third-order valence-electron chi connectivity index (χ3n) is 2.68. The molecular formula is C15H11NO3. The van der Waals surface area contributed by atoms with Crippen molar-refractivity contribution in [2.75, 3.05) is 0 Å². The minimum Gasteiger partial charge on any atom is -0.424 e. The van der Waals surface area contributed by atoms with Crippen molar-refractivity contribution >= 4 is 16.9 Å². The summed E-state index contributed by atoms with van der Waals surface area (Å²) in [6.07, 6.45) is 0. The maximum absolute atomic E-state index is 11.8. The molecule has 0 aliphatic rings. The second kappa shape index (κ2) is 4.86. The van der Waals surface area contributed by atoms with Gasteiger partial charge in [-0.25, -0.2) is 0 Å². The molecule has 4 nitrogen and oxygen atoms in total. The van der Waals surface area contributed by atoms with Crippen LogP contribution in [-0.2, 0) is 0 Å². The minimum absolute atomic E-state index is 0.255. The van der Waals surface area contributed by atoms with Crippen molar-refractivity contribution in [3.8, 4) is 5.95 Å². The first-order chi connectivity index (χ1) is 9.33. The first-order valence-corrected chi connectivity index (χ1v) is 5.84. The van der Waals surface area contributed by atoms with Crippen LogP contribution in [0.4, 0.5) is 0 Å². The molecule has 4 heteroatoms. The number of hydrogen-bond donors (Lipinski definition) is 1. The van der Waals surface area contributed by atoms with E-state index < -0.39 is 0 Å². The van der Waals surface area contributed by atoms with Crippen LogP contribution in [0.1, 0.15) is 10.4 Å². The Kier molecular flexibility index (Phi) is 2.90. The van der Waals surface area contributed by atoms with Crippen LogP contribution in [0.2, 0.25) is 0 Å². The van der Waals surface area contributed by atoms with E-state index in [1.807, 2.05) is 30.3 Å². The van der Waals surface area contributed by atoms with Gasteiger partial charge in [0.15, 0.2) is 0 Å². The number of carbonyl (C=O) groups is 1. The Morgan fingerprint density at radius 1 is 1.00 bits per heavy atom. The van der Waals surface area contributed by atoms with Crippen LogP contribution < -0.4 is 10.3 Å². The molecule has 2 aromatic carbocycles. The van der Waals surface area contributed by atoms with Gasteiger partial charge >= 0.3 is 5.95 Å². The fourth-order valence-electron chi connectivity index (χ4n) is 1.75. The molecule has 1 aromatic heterocycles. The maximum Gasteiger partial charge on any atom is 0.312 e. The number of hydrogen-bond acceptors (Lipinski definition) is 3. The average Bonchev–Trinajstić information content (AvgIpc) is 2.88. The Morgan fingerprint density at radius 2 is 1.74 bits per heavy atom. The average molecular weight is 253 g/mol. The molecule has 0 spiro atoms. The zero-order chi connectivity index (χ0) is 13.1. The predicted molar refractivity (Wildman–Crippen MR) is 70.8 cm³/mol. The van der Waals surface area contributed by atoms with Crippen LogP contribution in [0.25, 0.3) is 11.0 Å². The number of amides is 1. The SMILES string of the molecule is O=C(NOc1cc2ccccc2o1)c1ccccc1. The van der Waals surface area contributed by atoms with Crippen LogP contribution in [0.5, 0.6) is 5.95 Å². The molecule has 94 valence electrons. The van der Waals surface area contributed by atoms with Crippen molar-refractivity contribution in [3.05, 3.63) is 66.2 Å². The minimum atomic E-state index is -0.318. The van der Waals surface area contributed by atoms with Crippen molar-refractivity contribution < 1.29 is 14.0 Å². The second-order valence-electron chi connectivity index (χ2n) is 4.00. The molecule has 3 rings (SSSR count). The molecule has 1 heterocycles. The van der Waals surface area contributed by atoms with Gasteiger partial charge in [-0.1, -0.05) is 36.4 Å². The highest BCUT2D eigenvalue weighted by atomic mass is 16.7. The summed E-state index contributed by atoms with van der Waals surface area (Å²) in [5.74, 6) is -0.0634. The molecule has 0 bridgehead atoms. The first-order valence-electron chi connectivity index (χ1n) is 5.84.